The second-order valence-electron chi connectivity index (χ2n) is 4.98. The van der Waals surface area contributed by atoms with Gasteiger partial charge in [-0.2, -0.15) is 0 Å². The van der Waals surface area contributed by atoms with Crippen LogP contribution in [0.3, 0.4) is 0 Å². The molecule has 0 saturated carbocycles. The van der Waals surface area contributed by atoms with E-state index in [0.29, 0.717) is 22.2 Å². The summed E-state index contributed by atoms with van der Waals surface area (Å²) in [7, 11) is 1.95. The SMILES string of the molecule is CCN(C)C=Nc1cc(Cl)c(Cc2ccccc2Cl)cc1Cl. The van der Waals surface area contributed by atoms with E-state index < -0.39 is 0 Å². The van der Waals surface area contributed by atoms with Crippen molar-refractivity contribution in [1.82, 2.24) is 4.90 Å². The molecule has 0 radical (unpaired) electrons. The summed E-state index contributed by atoms with van der Waals surface area (Å²) in [6.45, 7) is 2.92. The third kappa shape index (κ3) is 4.39. The van der Waals surface area contributed by atoms with Crippen LogP contribution < -0.4 is 0 Å². The summed E-state index contributed by atoms with van der Waals surface area (Å²) < 4.78 is 0. The standard InChI is InChI=1S/C17H17Cl3N2/c1-3-22(2)11-21-17-10-15(19)13(9-16(17)20)8-12-6-4-5-7-14(12)18/h4-7,9-11H,3,8H2,1-2H3. The lowest BCUT2D eigenvalue weighted by molar-refractivity contribution is 0.552. The lowest BCUT2D eigenvalue weighted by Crippen LogP contribution is -2.14. The van der Waals surface area contributed by atoms with Crippen molar-refractivity contribution < 1.29 is 0 Å². The zero-order valence-corrected chi connectivity index (χ0v) is 14.8. The van der Waals surface area contributed by atoms with E-state index in [9.17, 15) is 0 Å². The van der Waals surface area contributed by atoms with Crippen LogP contribution in [0.25, 0.3) is 0 Å². The van der Waals surface area contributed by atoms with Gasteiger partial charge in [0.1, 0.15) is 0 Å². The molecule has 22 heavy (non-hydrogen) atoms. The van der Waals surface area contributed by atoms with Gasteiger partial charge in [0.15, 0.2) is 0 Å². The minimum atomic E-state index is 0.576. The lowest BCUT2D eigenvalue weighted by atomic mass is 10.0. The first-order valence-electron chi connectivity index (χ1n) is 6.97. The molecule has 0 aliphatic heterocycles. The third-order valence-corrected chi connectivity index (χ3v) is 4.37. The van der Waals surface area contributed by atoms with Crippen molar-refractivity contribution in [3.8, 4) is 0 Å². The molecule has 2 nitrogen and oxygen atoms in total. The largest absolute Gasteiger partial charge is 0.366 e. The Morgan fingerprint density at radius 1 is 1.00 bits per heavy atom. The highest BCUT2D eigenvalue weighted by Crippen LogP contribution is 2.33. The number of halogens is 3. The summed E-state index contributed by atoms with van der Waals surface area (Å²) in [6, 6.07) is 11.3. The van der Waals surface area contributed by atoms with Crippen LogP contribution in [0, 0.1) is 0 Å². The second-order valence-corrected chi connectivity index (χ2v) is 6.20. The van der Waals surface area contributed by atoms with E-state index in [1.54, 1.807) is 12.4 Å². The maximum atomic E-state index is 6.36. The van der Waals surface area contributed by atoms with E-state index in [1.807, 2.05) is 49.2 Å². The number of benzene rings is 2. The Hall–Kier alpha value is -1.22. The molecule has 0 fully saturated rings. The number of rotatable bonds is 5. The Labute approximate surface area is 146 Å². The molecule has 0 saturated heterocycles. The summed E-state index contributed by atoms with van der Waals surface area (Å²) in [5.74, 6) is 0. The fraction of sp³-hybridized carbons (Fsp3) is 0.235. The van der Waals surface area contributed by atoms with E-state index in [2.05, 4.69) is 4.99 Å². The summed E-state index contributed by atoms with van der Waals surface area (Å²) >= 11 is 18.9. The molecule has 0 aliphatic carbocycles. The van der Waals surface area contributed by atoms with Gasteiger partial charge < -0.3 is 4.90 Å². The summed E-state index contributed by atoms with van der Waals surface area (Å²) in [6.07, 6.45) is 2.38. The molecule has 2 aromatic rings. The van der Waals surface area contributed by atoms with Gasteiger partial charge in [-0.05, 0) is 36.2 Å². The molecule has 0 heterocycles. The van der Waals surface area contributed by atoms with E-state index in [1.165, 1.54) is 0 Å². The average molecular weight is 356 g/mol. The van der Waals surface area contributed by atoms with E-state index in [0.717, 1.165) is 22.7 Å². The quantitative estimate of drug-likeness (QED) is 0.485. The molecule has 0 amide bonds. The van der Waals surface area contributed by atoms with Crippen LogP contribution in [0.1, 0.15) is 18.1 Å². The molecule has 0 N–H and O–H groups in total. The molecule has 0 unspecified atom stereocenters. The minimum absolute atomic E-state index is 0.576. The van der Waals surface area contributed by atoms with Gasteiger partial charge in [0.2, 0.25) is 0 Å². The van der Waals surface area contributed by atoms with Crippen molar-refractivity contribution in [2.24, 2.45) is 4.99 Å². The van der Waals surface area contributed by atoms with Gasteiger partial charge in [-0.3, -0.25) is 0 Å². The molecular weight excluding hydrogens is 339 g/mol. The van der Waals surface area contributed by atoms with Crippen LogP contribution in [-0.4, -0.2) is 24.8 Å². The Morgan fingerprint density at radius 3 is 2.41 bits per heavy atom. The van der Waals surface area contributed by atoms with Gasteiger partial charge in [-0.15, -0.1) is 0 Å². The Balaban J connectivity index is 2.27. The summed E-state index contributed by atoms with van der Waals surface area (Å²) in [5, 5.41) is 1.93. The monoisotopic (exact) mass is 354 g/mol. The van der Waals surface area contributed by atoms with E-state index in [4.69, 9.17) is 34.8 Å². The van der Waals surface area contributed by atoms with Gasteiger partial charge in [-0.25, -0.2) is 4.99 Å². The van der Waals surface area contributed by atoms with Crippen LogP contribution in [0.2, 0.25) is 15.1 Å². The Morgan fingerprint density at radius 2 is 1.73 bits per heavy atom. The highest BCUT2D eigenvalue weighted by atomic mass is 35.5. The fourth-order valence-electron chi connectivity index (χ4n) is 1.90. The molecular formula is C17H17Cl3N2. The maximum absolute atomic E-state index is 6.36. The molecule has 0 aromatic heterocycles. The van der Waals surface area contributed by atoms with Crippen LogP contribution in [0.5, 0.6) is 0 Å². The number of aliphatic imine (C=N–C) groups is 1. The van der Waals surface area contributed by atoms with Crippen LogP contribution in [0.4, 0.5) is 5.69 Å². The molecule has 116 valence electrons. The molecule has 0 bridgehead atoms. The zero-order chi connectivity index (χ0) is 16.1. The smallest absolute Gasteiger partial charge is 0.0910 e. The van der Waals surface area contributed by atoms with Crippen LogP contribution in [-0.2, 0) is 6.42 Å². The first kappa shape index (κ1) is 17.1. The zero-order valence-electron chi connectivity index (χ0n) is 12.5. The first-order valence-corrected chi connectivity index (χ1v) is 8.10. The summed E-state index contributed by atoms with van der Waals surface area (Å²) in [5.41, 5.74) is 2.61. The second kappa shape index (κ2) is 7.87. The highest BCUT2D eigenvalue weighted by Gasteiger charge is 2.09. The van der Waals surface area contributed by atoms with Gasteiger partial charge in [0.25, 0.3) is 0 Å². The number of nitrogens with zero attached hydrogens (tertiary/aromatic N) is 2. The van der Waals surface area contributed by atoms with Crippen molar-refractivity contribution in [3.63, 3.8) is 0 Å². The van der Waals surface area contributed by atoms with Crippen molar-refractivity contribution in [2.45, 2.75) is 13.3 Å². The molecule has 2 rings (SSSR count). The van der Waals surface area contributed by atoms with E-state index >= 15 is 0 Å². The first-order chi connectivity index (χ1) is 10.5. The molecule has 0 spiro atoms. The molecule has 0 atom stereocenters. The van der Waals surface area contributed by atoms with Crippen molar-refractivity contribution in [3.05, 3.63) is 62.6 Å². The highest BCUT2D eigenvalue weighted by molar-refractivity contribution is 6.35. The predicted molar refractivity (Wildman–Crippen MR) is 97.2 cm³/mol. The topological polar surface area (TPSA) is 15.6 Å². The number of hydrogen-bond acceptors (Lipinski definition) is 1. The van der Waals surface area contributed by atoms with Crippen molar-refractivity contribution >= 4 is 46.8 Å². The normalized spacial score (nSPS) is 11.1. The van der Waals surface area contributed by atoms with E-state index in [-0.39, 0.29) is 0 Å². The Bertz CT molecular complexity index is 684. The number of hydrogen-bond donors (Lipinski definition) is 0. The fourth-order valence-corrected chi connectivity index (χ4v) is 2.56. The molecule has 2 aromatic carbocycles. The minimum Gasteiger partial charge on any atom is -0.366 e. The van der Waals surface area contributed by atoms with Gasteiger partial charge in [-0.1, -0.05) is 53.0 Å². The summed E-state index contributed by atoms with van der Waals surface area (Å²) in [4.78, 5) is 6.32. The van der Waals surface area contributed by atoms with Crippen LogP contribution >= 0.6 is 34.8 Å². The predicted octanol–water partition coefficient (Wildman–Crippen LogP) is 5.85. The van der Waals surface area contributed by atoms with Gasteiger partial charge in [0, 0.05) is 30.1 Å². The lowest BCUT2D eigenvalue weighted by Gasteiger charge is -2.11. The molecule has 0 aliphatic rings. The molecule has 5 heteroatoms. The van der Waals surface area contributed by atoms with Crippen LogP contribution in [0.15, 0.2) is 41.4 Å². The van der Waals surface area contributed by atoms with Gasteiger partial charge in [0.05, 0.1) is 17.0 Å². The van der Waals surface area contributed by atoms with Gasteiger partial charge >= 0.3 is 0 Å². The van der Waals surface area contributed by atoms with Crippen molar-refractivity contribution in [2.75, 3.05) is 13.6 Å². The maximum Gasteiger partial charge on any atom is 0.0910 e. The third-order valence-electron chi connectivity index (χ3n) is 3.35. The van der Waals surface area contributed by atoms with Crippen molar-refractivity contribution in [1.29, 1.82) is 0 Å². The Kier molecular flexibility index (Phi) is 6.13. The average Bonchev–Trinajstić information content (AvgIpc) is 2.51.